The Bertz CT molecular complexity index is 1710. The molecule has 0 aliphatic carbocycles. The Balaban J connectivity index is 2.25. The summed E-state index contributed by atoms with van der Waals surface area (Å²) in [5.41, 5.74) is 14.2. The molecule has 0 aromatic heterocycles. The molecule has 1 rings (SSSR count). The molecule has 1 saturated heterocycles. The summed E-state index contributed by atoms with van der Waals surface area (Å²) in [7, 11) is -4.55. The molecule has 0 amide bonds. The third-order valence-electron chi connectivity index (χ3n) is 11.7. The predicted molar refractivity (Wildman–Crippen MR) is 271 cm³/mol. The molecule has 1 aliphatic rings. The van der Waals surface area contributed by atoms with Gasteiger partial charge in [0.25, 0.3) is 0 Å². The highest BCUT2D eigenvalue weighted by atomic mass is 31.2. The second-order valence-corrected chi connectivity index (χ2v) is 20.1. The number of phosphoric acid groups is 1. The van der Waals surface area contributed by atoms with E-state index in [-0.39, 0.29) is 6.61 Å². The number of hydrogen-bond acceptors (Lipinski definition) is 7. The van der Waals surface area contributed by atoms with Crippen LogP contribution >= 0.6 is 7.82 Å². The van der Waals surface area contributed by atoms with E-state index in [0.717, 1.165) is 108 Å². The maximum atomic E-state index is 12.3. The van der Waals surface area contributed by atoms with Crippen molar-refractivity contribution in [2.45, 2.75) is 216 Å². The first kappa shape index (κ1) is 59.4. The van der Waals surface area contributed by atoms with Crippen LogP contribution in [0.5, 0.6) is 0 Å². The fraction of sp³-hybridized carbons (Fsp3) is 0.636. The second-order valence-electron chi connectivity index (χ2n) is 18.7. The Morgan fingerprint density at radius 3 is 0.969 bits per heavy atom. The highest BCUT2D eigenvalue weighted by Gasteiger charge is 2.46. The minimum absolute atomic E-state index is 0.153. The fourth-order valence-electron chi connectivity index (χ4n) is 7.26. The summed E-state index contributed by atoms with van der Waals surface area (Å²) in [6.07, 6.45) is 37.1. The highest BCUT2D eigenvalue weighted by molar-refractivity contribution is 7.47. The summed E-state index contributed by atoms with van der Waals surface area (Å²) in [6, 6.07) is 0. The molecule has 1 aliphatic heterocycles. The third-order valence-corrected chi connectivity index (χ3v) is 12.7. The van der Waals surface area contributed by atoms with Crippen molar-refractivity contribution in [3.63, 3.8) is 0 Å². The van der Waals surface area contributed by atoms with E-state index in [0.29, 0.717) is 0 Å². The van der Waals surface area contributed by atoms with Gasteiger partial charge in [-0.1, -0.05) is 116 Å². The van der Waals surface area contributed by atoms with E-state index in [9.17, 15) is 19.7 Å². The molecule has 0 spiro atoms. The lowest BCUT2D eigenvalue weighted by Gasteiger charge is -2.18. The Labute approximate surface area is 391 Å². The van der Waals surface area contributed by atoms with E-state index in [1.807, 2.05) is 6.92 Å². The third kappa shape index (κ3) is 30.5. The normalized spacial score (nSPS) is 21.2. The first-order chi connectivity index (χ1) is 30.3. The monoisotopic (exact) mass is 911 g/mol. The molecular formula is C55H91O8P. The molecule has 364 valence electrons. The summed E-state index contributed by atoms with van der Waals surface area (Å²) in [5.74, 6) is 0. The van der Waals surface area contributed by atoms with E-state index in [1.165, 1.54) is 63.0 Å². The minimum atomic E-state index is -4.55. The largest absolute Gasteiger partial charge is 0.474 e. The van der Waals surface area contributed by atoms with E-state index >= 15 is 0 Å². The van der Waals surface area contributed by atoms with Gasteiger partial charge in [-0.05, 0) is 192 Å². The quantitative estimate of drug-likeness (QED) is 0.0379. The molecule has 1 unspecified atom stereocenters. The lowest BCUT2D eigenvalue weighted by atomic mass is 10.0. The van der Waals surface area contributed by atoms with Gasteiger partial charge in [0, 0.05) is 0 Å². The van der Waals surface area contributed by atoms with Crippen LogP contribution < -0.4 is 0 Å². The SMILES string of the molecule is CC(C)=CCC/C(C)=C/CC/C(C)=C/CC/C(C)=C/CC/C(C)=C/CC/C(C)=C/CC/C(C)=C/CC/C(C)=C/CC/C(C)=C/CC/C(C)=C/COP(=O)(O)O[C@@H]1O[C@H](CO)[C@@H](O)[C@H]1O. The molecule has 0 aromatic rings. The summed E-state index contributed by atoms with van der Waals surface area (Å²) >= 11 is 0. The average molecular weight is 911 g/mol. The molecule has 0 saturated carbocycles. The van der Waals surface area contributed by atoms with Crippen molar-refractivity contribution in [3.05, 3.63) is 116 Å². The van der Waals surface area contributed by atoms with Crippen molar-refractivity contribution in [2.75, 3.05) is 13.2 Å². The van der Waals surface area contributed by atoms with Crippen molar-refractivity contribution in [1.82, 2.24) is 0 Å². The number of hydrogen-bond donors (Lipinski definition) is 4. The van der Waals surface area contributed by atoms with Crippen LogP contribution in [0.25, 0.3) is 0 Å². The van der Waals surface area contributed by atoms with Crippen molar-refractivity contribution in [3.8, 4) is 0 Å². The summed E-state index contributed by atoms with van der Waals surface area (Å²) < 4.78 is 27.2. The number of allylic oxidation sites excluding steroid dienone is 19. The molecule has 1 fully saturated rings. The van der Waals surface area contributed by atoms with Crippen LogP contribution in [0, 0.1) is 0 Å². The summed E-state index contributed by atoms with van der Waals surface area (Å²) in [5, 5.41) is 28.9. The molecule has 4 N–H and O–H groups in total. The molecule has 0 aromatic carbocycles. The topological polar surface area (TPSA) is 126 Å². The zero-order valence-electron chi connectivity index (χ0n) is 42.1. The van der Waals surface area contributed by atoms with Gasteiger partial charge in [-0.2, -0.15) is 0 Å². The van der Waals surface area contributed by atoms with E-state index in [1.54, 1.807) is 6.08 Å². The molecular weight excluding hydrogens is 820 g/mol. The Kier molecular flexibility index (Phi) is 32.1. The van der Waals surface area contributed by atoms with Crippen LogP contribution in [0.1, 0.15) is 192 Å². The molecule has 9 heteroatoms. The Morgan fingerprint density at radius 1 is 0.453 bits per heavy atom. The van der Waals surface area contributed by atoms with Crippen LogP contribution in [0.4, 0.5) is 0 Å². The van der Waals surface area contributed by atoms with Gasteiger partial charge in [-0.3, -0.25) is 9.05 Å². The van der Waals surface area contributed by atoms with Crippen LogP contribution in [0.3, 0.4) is 0 Å². The Hall–Kier alpha value is -2.65. The van der Waals surface area contributed by atoms with Gasteiger partial charge in [-0.15, -0.1) is 0 Å². The van der Waals surface area contributed by atoms with Crippen LogP contribution in [-0.2, 0) is 18.3 Å². The fourth-order valence-corrected chi connectivity index (χ4v) is 8.03. The van der Waals surface area contributed by atoms with Gasteiger partial charge >= 0.3 is 7.82 Å². The molecule has 0 bridgehead atoms. The van der Waals surface area contributed by atoms with Crippen molar-refractivity contribution in [1.29, 1.82) is 0 Å². The smallest absolute Gasteiger partial charge is 0.394 e. The zero-order valence-corrected chi connectivity index (χ0v) is 43.0. The molecule has 5 atom stereocenters. The number of phosphoric ester groups is 1. The average Bonchev–Trinajstić information content (AvgIpc) is 3.47. The van der Waals surface area contributed by atoms with Crippen LogP contribution in [0.15, 0.2) is 116 Å². The standard InChI is InChI=1S/C55H91O8P/c1-42(2)21-12-22-43(3)23-13-24-44(4)25-14-26-45(5)27-15-28-46(6)29-16-30-47(7)31-17-32-48(8)33-18-34-49(9)35-19-36-50(10)37-20-38-51(11)39-40-61-64(59,60)63-55-54(58)53(57)52(41-56)62-55/h21,23,25,27,29,31,33,35,37,39,52-58H,12-20,22,24,26,28,30,32,34,36,38,40-41H2,1-11H3,(H,59,60)/b43-23+,44-25+,45-27+,46-29+,47-31+,48-33+,49-35+,50-37+,51-39+/t52-,53-,54-,55+/m1/s1. The van der Waals surface area contributed by atoms with Crippen molar-refractivity contribution in [2.24, 2.45) is 0 Å². The van der Waals surface area contributed by atoms with E-state index < -0.39 is 39.0 Å². The van der Waals surface area contributed by atoms with E-state index in [2.05, 4.69) is 124 Å². The summed E-state index contributed by atoms with van der Waals surface area (Å²) in [6.45, 7) is 23.6. The lowest BCUT2D eigenvalue weighted by Crippen LogP contribution is -2.34. The number of ether oxygens (including phenoxy) is 1. The number of aliphatic hydroxyl groups excluding tert-OH is 3. The van der Waals surface area contributed by atoms with Gasteiger partial charge in [0.05, 0.1) is 13.2 Å². The molecule has 64 heavy (non-hydrogen) atoms. The van der Waals surface area contributed by atoms with Crippen LogP contribution in [-0.4, -0.2) is 58.0 Å². The molecule has 0 radical (unpaired) electrons. The van der Waals surface area contributed by atoms with Crippen LogP contribution in [0.2, 0.25) is 0 Å². The predicted octanol–water partition coefficient (Wildman–Crippen LogP) is 15.1. The maximum Gasteiger partial charge on any atom is 0.474 e. The second kappa shape index (κ2) is 34.6. The zero-order chi connectivity index (χ0) is 47.9. The van der Waals surface area contributed by atoms with Gasteiger partial charge in [0.1, 0.15) is 18.3 Å². The van der Waals surface area contributed by atoms with Gasteiger partial charge in [0.2, 0.25) is 0 Å². The Morgan fingerprint density at radius 2 is 0.719 bits per heavy atom. The van der Waals surface area contributed by atoms with E-state index in [4.69, 9.17) is 18.9 Å². The number of rotatable bonds is 33. The van der Waals surface area contributed by atoms with Crippen molar-refractivity contribution >= 4 is 7.82 Å². The highest BCUT2D eigenvalue weighted by Crippen LogP contribution is 2.46. The van der Waals surface area contributed by atoms with Gasteiger partial charge in [0.15, 0.2) is 6.29 Å². The first-order valence-corrected chi connectivity index (χ1v) is 25.6. The minimum Gasteiger partial charge on any atom is -0.394 e. The summed E-state index contributed by atoms with van der Waals surface area (Å²) in [4.78, 5) is 9.97. The first-order valence-electron chi connectivity index (χ1n) is 24.1. The molecule has 8 nitrogen and oxygen atoms in total. The lowest BCUT2D eigenvalue weighted by molar-refractivity contribution is -0.127. The maximum absolute atomic E-state index is 12.3. The van der Waals surface area contributed by atoms with Gasteiger partial charge < -0.3 is 24.9 Å². The van der Waals surface area contributed by atoms with Gasteiger partial charge in [-0.25, -0.2) is 4.57 Å². The van der Waals surface area contributed by atoms with Crippen molar-refractivity contribution < 1.29 is 38.6 Å². The molecule has 1 heterocycles. The number of aliphatic hydroxyl groups is 3.